The van der Waals surface area contributed by atoms with E-state index in [1.54, 1.807) is 6.07 Å². The third-order valence-corrected chi connectivity index (χ3v) is 4.60. The van der Waals surface area contributed by atoms with Crippen LogP contribution in [0.1, 0.15) is 25.7 Å². The maximum absolute atomic E-state index is 13.6. The van der Waals surface area contributed by atoms with E-state index in [9.17, 15) is 4.39 Å². The molecule has 102 valence electrons. The quantitative estimate of drug-likeness (QED) is 0.806. The summed E-state index contributed by atoms with van der Waals surface area (Å²) in [6, 6.07) is 4.17. The third-order valence-electron chi connectivity index (χ3n) is 4.60. The van der Waals surface area contributed by atoms with Gasteiger partial charge >= 0.3 is 7.12 Å². The van der Waals surface area contributed by atoms with Crippen LogP contribution in [0.4, 0.5) is 4.39 Å². The minimum atomic E-state index is -1.78. The first kappa shape index (κ1) is 12.9. The van der Waals surface area contributed by atoms with Gasteiger partial charge in [0, 0.05) is 11.5 Å². The van der Waals surface area contributed by atoms with Gasteiger partial charge in [-0.15, -0.1) is 0 Å². The van der Waals surface area contributed by atoms with Crippen molar-refractivity contribution in [2.24, 2.45) is 17.8 Å². The van der Waals surface area contributed by atoms with Crippen LogP contribution < -0.4 is 10.2 Å². The standard InChI is InChI=1S/C14H18BFO3/c16-14-7-12(3-4-13(14)15(17)18)19-8-11-6-9-1-2-10(11)5-9/h3-4,7,9-11,17-18H,1-2,5-6,8H2. The Labute approximate surface area is 112 Å². The van der Waals surface area contributed by atoms with Gasteiger partial charge in [0.2, 0.25) is 0 Å². The van der Waals surface area contributed by atoms with Crippen LogP contribution in [0.25, 0.3) is 0 Å². The van der Waals surface area contributed by atoms with Crippen molar-refractivity contribution in [1.29, 1.82) is 0 Å². The van der Waals surface area contributed by atoms with E-state index >= 15 is 0 Å². The van der Waals surface area contributed by atoms with Gasteiger partial charge in [-0.1, -0.05) is 12.5 Å². The largest absolute Gasteiger partial charge is 0.493 e. The summed E-state index contributed by atoms with van der Waals surface area (Å²) in [6.45, 7) is 0.641. The minimum absolute atomic E-state index is 0.118. The number of hydrogen-bond acceptors (Lipinski definition) is 3. The van der Waals surface area contributed by atoms with Crippen LogP contribution in [0.5, 0.6) is 5.75 Å². The Morgan fingerprint density at radius 3 is 2.68 bits per heavy atom. The van der Waals surface area contributed by atoms with Gasteiger partial charge in [0.05, 0.1) is 6.61 Å². The first-order chi connectivity index (χ1) is 9.13. The van der Waals surface area contributed by atoms with E-state index in [1.165, 1.54) is 37.8 Å². The maximum Gasteiger partial charge on any atom is 0.491 e. The molecule has 3 atom stereocenters. The second kappa shape index (κ2) is 5.14. The van der Waals surface area contributed by atoms with E-state index in [-0.39, 0.29) is 5.46 Å². The smallest absolute Gasteiger partial charge is 0.491 e. The second-order valence-corrected chi connectivity index (χ2v) is 5.80. The fourth-order valence-electron chi connectivity index (χ4n) is 3.59. The van der Waals surface area contributed by atoms with Crippen molar-refractivity contribution in [3.63, 3.8) is 0 Å². The highest BCUT2D eigenvalue weighted by atomic mass is 19.1. The van der Waals surface area contributed by atoms with Crippen LogP contribution in [0, 0.1) is 23.6 Å². The van der Waals surface area contributed by atoms with E-state index in [4.69, 9.17) is 14.8 Å². The topological polar surface area (TPSA) is 49.7 Å². The summed E-state index contributed by atoms with van der Waals surface area (Å²) in [7, 11) is -1.78. The highest BCUT2D eigenvalue weighted by Crippen LogP contribution is 2.48. The predicted molar refractivity (Wildman–Crippen MR) is 70.7 cm³/mol. The molecule has 3 nitrogen and oxygen atoms in total. The lowest BCUT2D eigenvalue weighted by Gasteiger charge is -2.21. The van der Waals surface area contributed by atoms with Crippen LogP contribution in [-0.4, -0.2) is 23.8 Å². The molecule has 1 aromatic rings. The first-order valence-corrected chi connectivity index (χ1v) is 6.92. The molecule has 0 spiro atoms. The average molecular weight is 264 g/mol. The summed E-state index contributed by atoms with van der Waals surface area (Å²) < 4.78 is 19.2. The van der Waals surface area contributed by atoms with Crippen LogP contribution in [0.2, 0.25) is 0 Å². The van der Waals surface area contributed by atoms with Crippen molar-refractivity contribution in [1.82, 2.24) is 0 Å². The number of fused-ring (bicyclic) bond motifs is 2. The molecule has 0 amide bonds. The van der Waals surface area contributed by atoms with Crippen molar-refractivity contribution in [3.05, 3.63) is 24.0 Å². The van der Waals surface area contributed by atoms with E-state index in [0.29, 0.717) is 18.3 Å². The van der Waals surface area contributed by atoms with Crippen molar-refractivity contribution < 1.29 is 19.2 Å². The Kier molecular flexibility index (Phi) is 3.50. The van der Waals surface area contributed by atoms with Crippen LogP contribution >= 0.6 is 0 Å². The molecule has 2 aliphatic carbocycles. The Morgan fingerprint density at radius 1 is 1.26 bits per heavy atom. The highest BCUT2D eigenvalue weighted by Gasteiger charge is 2.39. The number of ether oxygens (including phenoxy) is 1. The summed E-state index contributed by atoms with van der Waals surface area (Å²) in [4.78, 5) is 0. The average Bonchev–Trinajstić information content (AvgIpc) is 2.98. The lowest BCUT2D eigenvalue weighted by molar-refractivity contribution is 0.195. The zero-order valence-electron chi connectivity index (χ0n) is 10.8. The molecule has 1 aromatic carbocycles. The van der Waals surface area contributed by atoms with Gasteiger partial charge in [-0.25, -0.2) is 4.39 Å². The van der Waals surface area contributed by atoms with Gasteiger partial charge in [-0.05, 0) is 43.1 Å². The lowest BCUT2D eigenvalue weighted by Crippen LogP contribution is -2.32. The maximum atomic E-state index is 13.6. The van der Waals surface area contributed by atoms with Gasteiger partial charge in [-0.3, -0.25) is 0 Å². The van der Waals surface area contributed by atoms with Crippen molar-refractivity contribution >= 4 is 12.6 Å². The van der Waals surface area contributed by atoms with Gasteiger partial charge < -0.3 is 14.8 Å². The summed E-state index contributed by atoms with van der Waals surface area (Å²) in [5, 5.41) is 17.9. The van der Waals surface area contributed by atoms with E-state index in [0.717, 1.165) is 11.8 Å². The zero-order chi connectivity index (χ0) is 13.4. The molecule has 0 radical (unpaired) electrons. The molecule has 19 heavy (non-hydrogen) atoms. The molecule has 2 N–H and O–H groups in total. The number of halogens is 1. The van der Waals surface area contributed by atoms with E-state index in [2.05, 4.69) is 0 Å². The van der Waals surface area contributed by atoms with Crippen LogP contribution in [-0.2, 0) is 0 Å². The fourth-order valence-corrected chi connectivity index (χ4v) is 3.59. The van der Waals surface area contributed by atoms with Crippen molar-refractivity contribution in [2.75, 3.05) is 6.61 Å². The normalized spacial score (nSPS) is 28.7. The van der Waals surface area contributed by atoms with E-state index < -0.39 is 12.9 Å². The van der Waals surface area contributed by atoms with Gasteiger partial charge in [0.15, 0.2) is 0 Å². The molecule has 0 aromatic heterocycles. The Balaban J connectivity index is 1.60. The number of hydrogen-bond donors (Lipinski definition) is 2. The van der Waals surface area contributed by atoms with Crippen molar-refractivity contribution in [3.8, 4) is 5.75 Å². The van der Waals surface area contributed by atoms with Gasteiger partial charge in [-0.2, -0.15) is 0 Å². The molecule has 0 aliphatic heterocycles. The molecule has 2 saturated carbocycles. The SMILES string of the molecule is OB(O)c1ccc(OCC2CC3CCC2C3)cc1F. The molecule has 2 bridgehead atoms. The minimum Gasteiger partial charge on any atom is -0.493 e. The predicted octanol–water partition coefficient (Wildman–Crippen LogP) is 1.32. The fraction of sp³-hybridized carbons (Fsp3) is 0.571. The molecular weight excluding hydrogens is 246 g/mol. The lowest BCUT2D eigenvalue weighted by atomic mass is 9.80. The summed E-state index contributed by atoms with van der Waals surface area (Å²) >= 11 is 0. The van der Waals surface area contributed by atoms with Crippen LogP contribution in [0.15, 0.2) is 18.2 Å². The van der Waals surface area contributed by atoms with E-state index in [1.807, 2.05) is 0 Å². The molecule has 3 unspecified atom stereocenters. The molecule has 2 fully saturated rings. The summed E-state index contributed by atoms with van der Waals surface area (Å²) in [5.74, 6) is 2.09. The molecule has 3 rings (SSSR count). The first-order valence-electron chi connectivity index (χ1n) is 6.92. The summed E-state index contributed by atoms with van der Waals surface area (Å²) in [5.41, 5.74) is -0.118. The van der Waals surface area contributed by atoms with Gasteiger partial charge in [0.25, 0.3) is 0 Å². The second-order valence-electron chi connectivity index (χ2n) is 5.80. The molecular formula is C14H18BFO3. The molecule has 0 heterocycles. The van der Waals surface area contributed by atoms with Crippen LogP contribution in [0.3, 0.4) is 0 Å². The monoisotopic (exact) mass is 264 g/mol. The van der Waals surface area contributed by atoms with Gasteiger partial charge in [0.1, 0.15) is 11.6 Å². The molecule has 5 heteroatoms. The summed E-state index contributed by atoms with van der Waals surface area (Å²) in [6.07, 6.45) is 5.24. The molecule has 2 aliphatic rings. The third kappa shape index (κ3) is 2.62. The Hall–Kier alpha value is -1.07. The number of benzene rings is 1. The number of rotatable bonds is 4. The Bertz CT molecular complexity index is 466. The molecule has 0 saturated heterocycles. The Morgan fingerprint density at radius 2 is 2.11 bits per heavy atom. The zero-order valence-corrected chi connectivity index (χ0v) is 10.8. The van der Waals surface area contributed by atoms with Crippen molar-refractivity contribution in [2.45, 2.75) is 25.7 Å². The highest BCUT2D eigenvalue weighted by molar-refractivity contribution is 6.58.